The summed E-state index contributed by atoms with van der Waals surface area (Å²) in [4.78, 5) is 26.6. The molecule has 1 saturated heterocycles. The molecule has 0 bridgehead atoms. The first-order valence-electron chi connectivity index (χ1n) is 13.6. The number of nitrogens with one attached hydrogen (secondary N) is 1. The van der Waals surface area contributed by atoms with Gasteiger partial charge in [0.25, 0.3) is 5.91 Å². The maximum Gasteiger partial charge on any atom is 0.286 e. The third-order valence-electron chi connectivity index (χ3n) is 7.01. The van der Waals surface area contributed by atoms with Crippen molar-refractivity contribution >= 4 is 33.2 Å². The number of nitrogens with zero attached hydrogens (tertiary/aromatic N) is 2. The van der Waals surface area contributed by atoms with E-state index in [0.717, 1.165) is 22.8 Å². The number of carbonyl (C=O) groups is 2. The highest BCUT2D eigenvalue weighted by molar-refractivity contribution is 7.89. The van der Waals surface area contributed by atoms with Gasteiger partial charge in [-0.2, -0.15) is 15.6 Å². The highest BCUT2D eigenvalue weighted by Crippen LogP contribution is 2.32. The number of ether oxygens (including phenoxy) is 3. The van der Waals surface area contributed by atoms with Gasteiger partial charge in [-0.1, -0.05) is 0 Å². The summed E-state index contributed by atoms with van der Waals surface area (Å²) in [5.74, 6) is 0.357. The van der Waals surface area contributed by atoms with Crippen LogP contribution in [0.25, 0.3) is 0 Å². The zero-order chi connectivity index (χ0) is 29.2. The first-order chi connectivity index (χ1) is 19.8. The number of thiophene rings is 1. The molecule has 2 aliphatic heterocycles. The normalized spacial score (nSPS) is 19.2. The minimum atomic E-state index is -3.89. The minimum Gasteiger partial charge on any atom is -0.497 e. The lowest BCUT2D eigenvalue weighted by Crippen LogP contribution is -2.38. The van der Waals surface area contributed by atoms with Gasteiger partial charge in [0.05, 0.1) is 25.2 Å². The fourth-order valence-electron chi connectivity index (χ4n) is 4.78. The van der Waals surface area contributed by atoms with Crippen LogP contribution in [0.1, 0.15) is 37.2 Å². The molecule has 1 fully saturated rings. The van der Waals surface area contributed by atoms with Gasteiger partial charge in [-0.3, -0.25) is 9.59 Å². The van der Waals surface area contributed by atoms with Crippen LogP contribution in [0.2, 0.25) is 0 Å². The number of hydrogen-bond acceptors (Lipinski definition) is 9. The Morgan fingerprint density at radius 2 is 2.05 bits per heavy atom. The van der Waals surface area contributed by atoms with E-state index >= 15 is 0 Å². The Hall–Kier alpha value is -2.97. The average molecular weight is 608 g/mol. The van der Waals surface area contributed by atoms with Crippen LogP contribution in [0, 0.1) is 0 Å². The van der Waals surface area contributed by atoms with Crippen molar-refractivity contribution in [3.63, 3.8) is 0 Å². The number of likely N-dealkylation sites (tertiary alicyclic amines) is 1. The first-order valence-corrected chi connectivity index (χ1v) is 16.0. The number of sulfonamides is 1. The largest absolute Gasteiger partial charge is 0.497 e. The van der Waals surface area contributed by atoms with E-state index in [1.54, 1.807) is 29.5 Å². The molecule has 41 heavy (non-hydrogen) atoms. The molecule has 0 radical (unpaired) electrons. The lowest BCUT2D eigenvalue weighted by atomic mass is 9.95. The predicted molar refractivity (Wildman–Crippen MR) is 153 cm³/mol. The van der Waals surface area contributed by atoms with Gasteiger partial charge in [-0.25, -0.2) is 8.42 Å². The summed E-state index contributed by atoms with van der Waals surface area (Å²) in [5, 5.41) is 16.4. The Morgan fingerprint density at radius 3 is 2.71 bits per heavy atom. The molecule has 2 atom stereocenters. The third-order valence-corrected chi connectivity index (χ3v) is 9.62. The number of hydrogen-bond donors (Lipinski definition) is 2. The molecule has 0 spiro atoms. The number of rotatable bonds is 15. The average Bonchev–Trinajstić information content (AvgIpc) is 3.67. The van der Waals surface area contributed by atoms with Gasteiger partial charge in [0.1, 0.15) is 5.75 Å². The smallest absolute Gasteiger partial charge is 0.286 e. The second-order valence-corrected chi connectivity index (χ2v) is 12.5. The number of carbonyl (C=O) groups excluding carboxylic acids is 2. The summed E-state index contributed by atoms with van der Waals surface area (Å²) in [6.07, 6.45) is 3.57. The SMILES string of the molecule is COc1ccc(S(=O)(=O)N(CCO)CCO[C@H]2C[C@@H](c3ccsc3)C=C(C(=O)NCCCN3CCCC3=O)O2)cc1. The topological polar surface area (TPSA) is 135 Å². The van der Waals surface area contributed by atoms with Crippen molar-refractivity contribution < 1.29 is 37.3 Å². The van der Waals surface area contributed by atoms with Crippen LogP contribution in [0.4, 0.5) is 0 Å². The van der Waals surface area contributed by atoms with Crippen molar-refractivity contribution in [2.24, 2.45) is 0 Å². The molecule has 2 N–H and O–H groups in total. The van der Waals surface area contributed by atoms with Crippen molar-refractivity contribution in [1.29, 1.82) is 0 Å². The Bertz CT molecular complexity index is 1280. The monoisotopic (exact) mass is 607 g/mol. The maximum absolute atomic E-state index is 13.2. The molecule has 2 amide bonds. The molecule has 2 aromatic rings. The van der Waals surface area contributed by atoms with E-state index in [9.17, 15) is 23.1 Å². The highest BCUT2D eigenvalue weighted by atomic mass is 32.2. The van der Waals surface area contributed by atoms with Crippen LogP contribution in [-0.2, 0) is 29.1 Å². The molecule has 1 aromatic carbocycles. The van der Waals surface area contributed by atoms with E-state index in [1.807, 2.05) is 21.7 Å². The molecule has 0 saturated carbocycles. The molecular formula is C28H37N3O8S2. The molecule has 224 valence electrons. The van der Waals surface area contributed by atoms with Gasteiger partial charge in [0, 0.05) is 51.5 Å². The third kappa shape index (κ3) is 8.29. The van der Waals surface area contributed by atoms with Gasteiger partial charge in [0.15, 0.2) is 5.76 Å². The van der Waals surface area contributed by atoms with Crippen LogP contribution in [0.15, 0.2) is 57.8 Å². The maximum atomic E-state index is 13.2. The van der Waals surface area contributed by atoms with Crippen molar-refractivity contribution in [2.75, 3.05) is 53.0 Å². The van der Waals surface area contributed by atoms with Gasteiger partial charge in [0.2, 0.25) is 22.2 Å². The number of aliphatic hydroxyl groups excluding tert-OH is 1. The Balaban J connectivity index is 1.34. The van der Waals surface area contributed by atoms with E-state index < -0.39 is 16.3 Å². The van der Waals surface area contributed by atoms with Gasteiger partial charge < -0.3 is 29.5 Å². The Kier molecular flexibility index (Phi) is 11.2. The number of aliphatic hydroxyl groups is 1. The fourth-order valence-corrected chi connectivity index (χ4v) is 6.92. The summed E-state index contributed by atoms with van der Waals surface area (Å²) in [6.45, 7) is 1.29. The van der Waals surface area contributed by atoms with Crippen LogP contribution in [-0.4, -0.2) is 93.9 Å². The molecular weight excluding hydrogens is 570 g/mol. The van der Waals surface area contributed by atoms with Crippen LogP contribution in [0.3, 0.4) is 0 Å². The first kappa shape index (κ1) is 31.0. The standard InChI is InChI=1S/C28H37N3O8S2/c1-37-23-5-7-24(8-6-23)41(35,36)31(13-15-32)14-16-38-27-19-22(21-9-17-40-20-21)18-25(39-27)28(34)29-10-3-12-30-11-2-4-26(30)33/h5-9,17-18,20,22,27,32H,2-4,10-16,19H2,1H3,(H,29,34)/t22-,27+/m0/s1. The van der Waals surface area contributed by atoms with Crippen molar-refractivity contribution in [1.82, 2.24) is 14.5 Å². The summed E-state index contributed by atoms with van der Waals surface area (Å²) in [5.41, 5.74) is 1.04. The van der Waals surface area contributed by atoms with Crippen molar-refractivity contribution in [3.8, 4) is 5.75 Å². The fraction of sp³-hybridized carbons (Fsp3) is 0.500. The lowest BCUT2D eigenvalue weighted by Gasteiger charge is -2.30. The molecule has 3 heterocycles. The van der Waals surface area contributed by atoms with E-state index in [0.29, 0.717) is 38.1 Å². The molecule has 0 aliphatic carbocycles. The Labute approximate surface area is 244 Å². The molecule has 11 nitrogen and oxygen atoms in total. The lowest BCUT2D eigenvalue weighted by molar-refractivity contribution is -0.146. The van der Waals surface area contributed by atoms with Crippen molar-refractivity contribution in [2.45, 2.75) is 42.8 Å². The number of amides is 2. The zero-order valence-electron chi connectivity index (χ0n) is 23.1. The predicted octanol–water partition coefficient (Wildman–Crippen LogP) is 2.30. The zero-order valence-corrected chi connectivity index (χ0v) is 24.7. The van der Waals surface area contributed by atoms with Crippen LogP contribution < -0.4 is 10.1 Å². The molecule has 1 aromatic heterocycles. The van der Waals surface area contributed by atoms with Crippen LogP contribution in [0.5, 0.6) is 5.75 Å². The Morgan fingerprint density at radius 1 is 1.24 bits per heavy atom. The van der Waals surface area contributed by atoms with E-state index in [2.05, 4.69) is 5.32 Å². The number of methoxy groups -OCH3 is 1. The summed E-state index contributed by atoms with van der Waals surface area (Å²) >= 11 is 1.55. The van der Waals surface area contributed by atoms with Gasteiger partial charge in [-0.15, -0.1) is 0 Å². The summed E-state index contributed by atoms with van der Waals surface area (Å²) in [6, 6.07) is 8.01. The molecule has 4 rings (SSSR count). The second-order valence-electron chi connectivity index (χ2n) is 9.75. The highest BCUT2D eigenvalue weighted by Gasteiger charge is 2.30. The second kappa shape index (κ2) is 14.8. The van der Waals surface area contributed by atoms with Gasteiger partial charge >= 0.3 is 0 Å². The van der Waals surface area contributed by atoms with E-state index in [1.165, 1.54) is 19.2 Å². The number of benzene rings is 1. The van der Waals surface area contributed by atoms with E-state index in [4.69, 9.17) is 14.2 Å². The number of allylic oxidation sites excluding steroid dienone is 1. The summed E-state index contributed by atoms with van der Waals surface area (Å²) < 4.78 is 44.5. The quantitative estimate of drug-likeness (QED) is 0.295. The molecule has 2 aliphatic rings. The minimum absolute atomic E-state index is 0.00479. The van der Waals surface area contributed by atoms with Crippen LogP contribution >= 0.6 is 11.3 Å². The molecule has 0 unspecified atom stereocenters. The summed E-state index contributed by atoms with van der Waals surface area (Å²) in [7, 11) is -2.39. The van der Waals surface area contributed by atoms with Crippen molar-refractivity contribution in [3.05, 3.63) is 58.5 Å². The van der Waals surface area contributed by atoms with Gasteiger partial charge in [-0.05, 0) is 65.6 Å². The molecule has 13 heteroatoms. The van der Waals surface area contributed by atoms with E-state index in [-0.39, 0.29) is 54.7 Å².